The van der Waals surface area contributed by atoms with Crippen LogP contribution in [0.3, 0.4) is 0 Å². The van der Waals surface area contributed by atoms with E-state index in [0.29, 0.717) is 5.84 Å². The summed E-state index contributed by atoms with van der Waals surface area (Å²) in [6.45, 7) is 0.137. The number of hydrazone groups is 1. The van der Waals surface area contributed by atoms with Gasteiger partial charge in [0.25, 0.3) is 0 Å². The average Bonchev–Trinajstić information content (AvgIpc) is 2.97. The fraction of sp³-hybridized carbons (Fsp3) is 0.267. The molecule has 1 atom stereocenters. The highest BCUT2D eigenvalue weighted by Gasteiger charge is 2.48. The Hall–Kier alpha value is -2.28. The number of hydrogen-bond donors (Lipinski definition) is 1. The maximum absolute atomic E-state index is 12.9. The van der Waals surface area contributed by atoms with Crippen molar-refractivity contribution in [2.75, 3.05) is 6.67 Å². The molecule has 3 rings (SSSR count). The highest BCUT2D eigenvalue weighted by Crippen LogP contribution is 2.35. The van der Waals surface area contributed by atoms with E-state index in [0.717, 1.165) is 5.56 Å². The summed E-state index contributed by atoms with van der Waals surface area (Å²) in [5.74, 6) is 0.421. The minimum absolute atomic E-state index is 0.0799. The number of halogens is 3. The Kier molecular flexibility index (Phi) is 3.66. The van der Waals surface area contributed by atoms with Gasteiger partial charge in [-0.25, -0.2) is 0 Å². The van der Waals surface area contributed by atoms with E-state index >= 15 is 0 Å². The number of nitrogens with zero attached hydrogens (tertiary/aromatic N) is 2. The van der Waals surface area contributed by atoms with Crippen LogP contribution >= 0.6 is 0 Å². The molecule has 1 heterocycles. The number of alkyl halides is 3. The molecule has 116 valence electrons. The van der Waals surface area contributed by atoms with Crippen molar-refractivity contribution in [3.63, 3.8) is 0 Å². The molecule has 4 nitrogen and oxygen atoms in total. The summed E-state index contributed by atoms with van der Waals surface area (Å²) in [5.41, 5.74) is 1.83. The molecule has 22 heavy (non-hydrogen) atoms. The zero-order valence-electron chi connectivity index (χ0n) is 11.5. The molecule has 1 unspecified atom stereocenters. The molecule has 0 bridgehead atoms. The maximum Gasteiger partial charge on any atom is 0.524 e. The largest absolute Gasteiger partial charge is 0.524 e. The standard InChI is InChI=1S/C15H14F3N3O/c16-15(17,18)22-14(9-5-2-6-10-14)21-11-19-20-13(21)12-7-3-1-4-8-12/h1-9,19H,10-11H2. The third-order valence-electron chi connectivity index (χ3n) is 3.46. The molecule has 0 fully saturated rings. The predicted octanol–water partition coefficient (Wildman–Crippen LogP) is 2.96. The van der Waals surface area contributed by atoms with Crippen LogP contribution < -0.4 is 5.43 Å². The van der Waals surface area contributed by atoms with Gasteiger partial charge in [-0.2, -0.15) is 5.10 Å². The Bertz CT molecular complexity index is 625. The third-order valence-corrected chi connectivity index (χ3v) is 3.46. The van der Waals surface area contributed by atoms with Crippen LogP contribution in [0.25, 0.3) is 0 Å². The Morgan fingerprint density at radius 2 is 1.95 bits per heavy atom. The molecule has 0 radical (unpaired) electrons. The normalized spacial score (nSPS) is 24.3. The average molecular weight is 309 g/mol. The van der Waals surface area contributed by atoms with Gasteiger partial charge in [0.05, 0.1) is 0 Å². The molecule has 1 N–H and O–H groups in total. The second-order valence-electron chi connectivity index (χ2n) is 4.93. The van der Waals surface area contributed by atoms with Gasteiger partial charge in [-0.05, 0) is 6.08 Å². The highest BCUT2D eigenvalue weighted by molar-refractivity contribution is 6.00. The summed E-state index contributed by atoms with van der Waals surface area (Å²) in [4.78, 5) is 1.48. The van der Waals surface area contributed by atoms with Gasteiger partial charge in [0.1, 0.15) is 6.67 Å². The Balaban J connectivity index is 1.96. The van der Waals surface area contributed by atoms with E-state index in [-0.39, 0.29) is 13.1 Å². The minimum Gasteiger partial charge on any atom is -0.303 e. The van der Waals surface area contributed by atoms with Crippen LogP contribution in [0.1, 0.15) is 12.0 Å². The first-order valence-electron chi connectivity index (χ1n) is 6.75. The van der Waals surface area contributed by atoms with Crippen LogP contribution in [0.2, 0.25) is 0 Å². The van der Waals surface area contributed by atoms with E-state index in [2.05, 4.69) is 15.3 Å². The van der Waals surface area contributed by atoms with Crippen molar-refractivity contribution in [2.24, 2.45) is 5.10 Å². The highest BCUT2D eigenvalue weighted by atomic mass is 19.4. The molecule has 1 aromatic rings. The van der Waals surface area contributed by atoms with Gasteiger partial charge in [0, 0.05) is 12.0 Å². The van der Waals surface area contributed by atoms with E-state index < -0.39 is 12.1 Å². The zero-order chi connectivity index (χ0) is 15.6. The molecule has 0 aromatic heterocycles. The van der Waals surface area contributed by atoms with Crippen LogP contribution in [-0.4, -0.2) is 29.5 Å². The number of allylic oxidation sites excluding steroid dienone is 2. The van der Waals surface area contributed by atoms with E-state index in [1.54, 1.807) is 30.4 Å². The molecular formula is C15H14F3N3O. The minimum atomic E-state index is -4.75. The molecule has 0 amide bonds. The zero-order valence-corrected chi connectivity index (χ0v) is 11.5. The van der Waals surface area contributed by atoms with Gasteiger partial charge in [0.15, 0.2) is 11.6 Å². The fourth-order valence-corrected chi connectivity index (χ4v) is 2.56. The van der Waals surface area contributed by atoms with Crippen molar-refractivity contribution in [1.82, 2.24) is 10.3 Å². The van der Waals surface area contributed by atoms with Gasteiger partial charge in [0.2, 0.25) is 0 Å². The summed E-state index contributed by atoms with van der Waals surface area (Å²) in [6.07, 6.45) is 1.63. The van der Waals surface area contributed by atoms with Crippen LogP contribution in [0.4, 0.5) is 13.2 Å². The Labute approximate surface area is 125 Å². The summed E-state index contributed by atoms with van der Waals surface area (Å²) in [5, 5.41) is 4.12. The van der Waals surface area contributed by atoms with Crippen molar-refractivity contribution in [2.45, 2.75) is 18.5 Å². The Morgan fingerprint density at radius 1 is 1.18 bits per heavy atom. The third kappa shape index (κ3) is 2.85. The van der Waals surface area contributed by atoms with Crippen molar-refractivity contribution < 1.29 is 17.9 Å². The number of benzene rings is 1. The molecule has 2 aliphatic rings. The molecule has 1 aromatic carbocycles. The first-order chi connectivity index (χ1) is 10.5. The Morgan fingerprint density at radius 3 is 2.59 bits per heavy atom. The first kappa shape index (κ1) is 14.6. The van der Waals surface area contributed by atoms with E-state index in [4.69, 9.17) is 0 Å². The summed E-state index contributed by atoms with van der Waals surface area (Å²) < 4.78 is 43.2. The van der Waals surface area contributed by atoms with Gasteiger partial charge >= 0.3 is 6.36 Å². The van der Waals surface area contributed by atoms with Crippen LogP contribution in [0, 0.1) is 0 Å². The lowest BCUT2D eigenvalue weighted by molar-refractivity contribution is -0.374. The monoisotopic (exact) mass is 309 g/mol. The van der Waals surface area contributed by atoms with E-state index in [9.17, 15) is 13.2 Å². The van der Waals surface area contributed by atoms with Gasteiger partial charge < -0.3 is 4.90 Å². The number of rotatable bonds is 3. The SMILES string of the molecule is FC(F)(F)OC1(N2CNN=C2c2ccccc2)C=CC=CC1. The van der Waals surface area contributed by atoms with Crippen LogP contribution in [-0.2, 0) is 4.74 Å². The summed E-state index contributed by atoms with van der Waals surface area (Å²) >= 11 is 0. The number of hydrogen-bond acceptors (Lipinski definition) is 4. The molecule has 7 heteroatoms. The maximum atomic E-state index is 12.9. The molecule has 1 aliphatic carbocycles. The fourth-order valence-electron chi connectivity index (χ4n) is 2.56. The second kappa shape index (κ2) is 5.49. The summed E-state index contributed by atoms with van der Waals surface area (Å²) in [6, 6.07) is 9.04. The number of ether oxygens (including phenoxy) is 1. The lowest BCUT2D eigenvalue weighted by atomic mass is 10.0. The smallest absolute Gasteiger partial charge is 0.303 e. The lowest BCUT2D eigenvalue weighted by Crippen LogP contribution is -2.54. The van der Waals surface area contributed by atoms with Crippen molar-refractivity contribution >= 4 is 5.84 Å². The quantitative estimate of drug-likeness (QED) is 0.932. The first-order valence-corrected chi connectivity index (χ1v) is 6.75. The number of amidine groups is 1. The molecule has 1 aliphatic heterocycles. The van der Waals surface area contributed by atoms with Crippen LogP contribution in [0.15, 0.2) is 59.7 Å². The topological polar surface area (TPSA) is 36.9 Å². The lowest BCUT2D eigenvalue weighted by Gasteiger charge is -2.40. The van der Waals surface area contributed by atoms with E-state index in [1.807, 2.05) is 18.2 Å². The molecule has 0 saturated heterocycles. The van der Waals surface area contributed by atoms with Gasteiger partial charge in [-0.3, -0.25) is 10.2 Å². The number of nitrogens with one attached hydrogen (secondary N) is 1. The van der Waals surface area contributed by atoms with Gasteiger partial charge in [-0.15, -0.1) is 13.2 Å². The predicted molar refractivity (Wildman–Crippen MR) is 75.6 cm³/mol. The molecule has 0 spiro atoms. The van der Waals surface area contributed by atoms with Crippen LogP contribution in [0.5, 0.6) is 0 Å². The molecular weight excluding hydrogens is 295 g/mol. The second-order valence-corrected chi connectivity index (χ2v) is 4.93. The van der Waals surface area contributed by atoms with Crippen molar-refractivity contribution in [1.29, 1.82) is 0 Å². The summed E-state index contributed by atoms with van der Waals surface area (Å²) in [7, 11) is 0. The van der Waals surface area contributed by atoms with E-state index in [1.165, 1.54) is 11.0 Å². The van der Waals surface area contributed by atoms with Crippen molar-refractivity contribution in [3.8, 4) is 0 Å². The van der Waals surface area contributed by atoms with Crippen molar-refractivity contribution in [3.05, 3.63) is 60.2 Å². The molecule has 0 saturated carbocycles. The van der Waals surface area contributed by atoms with Gasteiger partial charge in [-0.1, -0.05) is 48.6 Å².